The van der Waals surface area contributed by atoms with E-state index < -0.39 is 0 Å². The number of nitrogens with two attached hydrogens (primary N) is 1. The number of carbonyl (C=O) groups is 1. The zero-order chi connectivity index (χ0) is 14.8. The van der Waals surface area contributed by atoms with Crippen molar-refractivity contribution in [3.8, 4) is 0 Å². The second-order valence-electron chi connectivity index (χ2n) is 6.15. The highest BCUT2D eigenvalue weighted by Crippen LogP contribution is 2.41. The van der Waals surface area contributed by atoms with Crippen LogP contribution < -0.4 is 16.4 Å². The lowest BCUT2D eigenvalue weighted by molar-refractivity contribution is -0.118. The van der Waals surface area contributed by atoms with Gasteiger partial charge in [-0.1, -0.05) is 0 Å². The van der Waals surface area contributed by atoms with Crippen molar-refractivity contribution in [3.63, 3.8) is 0 Å². The fourth-order valence-corrected chi connectivity index (χ4v) is 2.64. The average molecular weight is 362 g/mol. The molecule has 2 aliphatic rings. The Morgan fingerprint density at radius 2 is 1.91 bits per heavy atom. The van der Waals surface area contributed by atoms with Crippen LogP contribution >= 0.6 is 24.8 Å². The summed E-state index contributed by atoms with van der Waals surface area (Å²) in [6, 6.07) is 2.36. The predicted octanol–water partition coefficient (Wildman–Crippen LogP) is 1.95. The molecule has 0 saturated heterocycles. The van der Waals surface area contributed by atoms with Gasteiger partial charge in [0.2, 0.25) is 5.91 Å². The zero-order valence-corrected chi connectivity index (χ0v) is 14.9. The summed E-state index contributed by atoms with van der Waals surface area (Å²) in [4.78, 5) is 20.2. The lowest BCUT2D eigenvalue weighted by atomic mass is 9.78. The minimum absolute atomic E-state index is 0. The van der Waals surface area contributed by atoms with Crippen molar-refractivity contribution in [1.82, 2.24) is 15.3 Å². The zero-order valence-electron chi connectivity index (χ0n) is 13.2. The molecular formula is C15H25Cl2N5O. The van der Waals surface area contributed by atoms with Gasteiger partial charge in [0.05, 0.1) is 0 Å². The second-order valence-corrected chi connectivity index (χ2v) is 6.15. The Morgan fingerprint density at radius 3 is 2.48 bits per heavy atom. The molecule has 0 spiro atoms. The first-order chi connectivity index (χ1) is 10.1. The molecule has 2 saturated carbocycles. The van der Waals surface area contributed by atoms with Crippen LogP contribution in [-0.2, 0) is 4.79 Å². The van der Waals surface area contributed by atoms with Gasteiger partial charge in [-0.05, 0) is 25.7 Å². The monoisotopic (exact) mass is 361 g/mol. The van der Waals surface area contributed by atoms with Crippen molar-refractivity contribution in [1.29, 1.82) is 0 Å². The van der Waals surface area contributed by atoms with Gasteiger partial charge in [-0.15, -0.1) is 24.8 Å². The molecule has 1 aromatic heterocycles. The van der Waals surface area contributed by atoms with Crippen LogP contribution in [0.3, 0.4) is 0 Å². The van der Waals surface area contributed by atoms with Crippen LogP contribution in [0, 0.1) is 0 Å². The van der Waals surface area contributed by atoms with Crippen molar-refractivity contribution in [2.75, 3.05) is 18.4 Å². The van der Waals surface area contributed by atoms with Crippen LogP contribution in [0.15, 0.2) is 6.07 Å². The molecule has 1 amide bonds. The average Bonchev–Trinajstić information content (AvgIpc) is 3.24. The Bertz CT molecular complexity index is 533. The van der Waals surface area contributed by atoms with Gasteiger partial charge in [0, 0.05) is 49.7 Å². The Morgan fingerprint density at radius 1 is 1.22 bits per heavy atom. The molecule has 0 bridgehead atoms. The number of nitrogens with one attached hydrogen (secondary N) is 2. The molecule has 4 N–H and O–H groups in total. The molecule has 0 atom stereocenters. The normalized spacial score (nSPS) is 22.2. The highest BCUT2D eigenvalue weighted by molar-refractivity contribution is 5.85. The third-order valence-corrected chi connectivity index (χ3v) is 4.10. The predicted molar refractivity (Wildman–Crippen MR) is 95.6 cm³/mol. The molecule has 0 radical (unpaired) electrons. The van der Waals surface area contributed by atoms with E-state index >= 15 is 0 Å². The number of halogens is 2. The van der Waals surface area contributed by atoms with E-state index in [4.69, 9.17) is 10.7 Å². The first-order valence-electron chi connectivity index (χ1n) is 7.74. The molecule has 0 unspecified atom stereocenters. The summed E-state index contributed by atoms with van der Waals surface area (Å²) in [5.74, 6) is 2.84. The molecule has 0 aliphatic heterocycles. The van der Waals surface area contributed by atoms with Gasteiger partial charge >= 0.3 is 0 Å². The lowest BCUT2D eigenvalue weighted by Gasteiger charge is -2.32. The summed E-state index contributed by atoms with van der Waals surface area (Å²) in [7, 11) is 0. The number of amides is 1. The Hall–Kier alpha value is -1.11. The number of anilines is 1. The van der Waals surface area contributed by atoms with Gasteiger partial charge in [-0.3, -0.25) is 4.79 Å². The van der Waals surface area contributed by atoms with E-state index in [1.807, 2.05) is 6.07 Å². The van der Waals surface area contributed by atoms with E-state index in [0.29, 0.717) is 31.0 Å². The fourth-order valence-electron chi connectivity index (χ4n) is 2.64. The summed E-state index contributed by atoms with van der Waals surface area (Å²) < 4.78 is 0. The second kappa shape index (κ2) is 8.66. The van der Waals surface area contributed by atoms with Crippen molar-refractivity contribution >= 4 is 36.5 Å². The minimum atomic E-state index is -0.0118. The molecule has 1 aromatic rings. The van der Waals surface area contributed by atoms with Crippen LogP contribution in [0.1, 0.15) is 56.0 Å². The maximum absolute atomic E-state index is 10.9. The van der Waals surface area contributed by atoms with E-state index in [1.54, 1.807) is 0 Å². The number of carbonyl (C=O) groups excluding carboxylic acids is 1. The molecule has 0 aromatic carbocycles. The highest BCUT2D eigenvalue weighted by Gasteiger charge is 2.32. The molecule has 2 fully saturated rings. The van der Waals surface area contributed by atoms with Gasteiger partial charge in [0.25, 0.3) is 0 Å². The number of rotatable bonds is 6. The van der Waals surface area contributed by atoms with Gasteiger partial charge in [-0.25, -0.2) is 9.97 Å². The molecule has 2 aliphatic carbocycles. The van der Waals surface area contributed by atoms with Gasteiger partial charge in [-0.2, -0.15) is 0 Å². The van der Waals surface area contributed by atoms with Crippen LogP contribution in [0.5, 0.6) is 0 Å². The number of nitrogens with zero attached hydrogens (tertiary/aromatic N) is 2. The smallest absolute Gasteiger partial charge is 0.216 e. The maximum Gasteiger partial charge on any atom is 0.216 e. The standard InChI is InChI=1S/C15H23N5O.2ClH/c1-9(21)17-4-5-18-14-8-13(11-6-12(16)7-11)19-15(20-14)10-2-3-10;;/h8,10-12H,2-7,16H2,1H3,(H,17,21)(H,18,19,20);2*1H. The highest BCUT2D eigenvalue weighted by atomic mass is 35.5. The Kier molecular flexibility index (Phi) is 7.51. The van der Waals surface area contributed by atoms with E-state index in [2.05, 4.69) is 15.6 Å². The van der Waals surface area contributed by atoms with E-state index in [-0.39, 0.29) is 30.7 Å². The third-order valence-electron chi connectivity index (χ3n) is 4.10. The van der Waals surface area contributed by atoms with Gasteiger partial charge < -0.3 is 16.4 Å². The van der Waals surface area contributed by atoms with Crippen molar-refractivity contribution in [2.45, 2.75) is 50.5 Å². The number of hydrogen-bond donors (Lipinski definition) is 3. The van der Waals surface area contributed by atoms with Gasteiger partial charge in [0.1, 0.15) is 11.6 Å². The van der Waals surface area contributed by atoms with E-state index in [9.17, 15) is 4.79 Å². The summed E-state index contributed by atoms with van der Waals surface area (Å²) >= 11 is 0. The summed E-state index contributed by atoms with van der Waals surface area (Å²) in [5, 5.41) is 6.05. The Balaban J connectivity index is 0.00000132. The lowest BCUT2D eigenvalue weighted by Crippen LogP contribution is -2.35. The molecular weight excluding hydrogens is 337 g/mol. The molecule has 1 heterocycles. The molecule has 130 valence electrons. The molecule has 3 rings (SSSR count). The number of aromatic nitrogens is 2. The molecule has 23 heavy (non-hydrogen) atoms. The first kappa shape index (κ1) is 19.9. The van der Waals surface area contributed by atoms with Crippen molar-refractivity contribution < 1.29 is 4.79 Å². The molecule has 8 heteroatoms. The summed E-state index contributed by atoms with van der Waals surface area (Å²) in [6.07, 6.45) is 4.43. The van der Waals surface area contributed by atoms with Crippen molar-refractivity contribution in [3.05, 3.63) is 17.6 Å². The fraction of sp³-hybridized carbons (Fsp3) is 0.667. The van der Waals surface area contributed by atoms with Gasteiger partial charge in [0.15, 0.2) is 0 Å². The Labute approximate surface area is 149 Å². The third kappa shape index (κ3) is 5.48. The van der Waals surface area contributed by atoms with Crippen LogP contribution in [-0.4, -0.2) is 35.0 Å². The number of hydrogen-bond acceptors (Lipinski definition) is 5. The topological polar surface area (TPSA) is 92.9 Å². The largest absolute Gasteiger partial charge is 0.368 e. The first-order valence-corrected chi connectivity index (χ1v) is 7.74. The molecule has 6 nitrogen and oxygen atoms in total. The van der Waals surface area contributed by atoms with E-state index in [1.165, 1.54) is 19.8 Å². The maximum atomic E-state index is 10.9. The SMILES string of the molecule is CC(=O)NCCNc1cc(C2CC(N)C2)nc(C2CC2)n1.Cl.Cl. The summed E-state index contributed by atoms with van der Waals surface area (Å²) in [6.45, 7) is 2.79. The quantitative estimate of drug-likeness (QED) is 0.673. The summed E-state index contributed by atoms with van der Waals surface area (Å²) in [5.41, 5.74) is 7.00. The van der Waals surface area contributed by atoms with E-state index in [0.717, 1.165) is 30.2 Å². The van der Waals surface area contributed by atoms with Crippen LogP contribution in [0.2, 0.25) is 0 Å². The van der Waals surface area contributed by atoms with Crippen LogP contribution in [0.25, 0.3) is 0 Å². The van der Waals surface area contributed by atoms with Crippen molar-refractivity contribution in [2.24, 2.45) is 5.73 Å². The minimum Gasteiger partial charge on any atom is -0.368 e. The van der Waals surface area contributed by atoms with Crippen LogP contribution in [0.4, 0.5) is 5.82 Å².